The van der Waals surface area contributed by atoms with E-state index in [1.807, 2.05) is 0 Å². The molecule has 0 unspecified atom stereocenters. The summed E-state index contributed by atoms with van der Waals surface area (Å²) < 4.78 is 11.5. The molecule has 0 atom stereocenters. The first-order valence-electron chi connectivity index (χ1n) is 6.46. The molecule has 0 aliphatic carbocycles. The molecule has 0 radical (unpaired) electrons. The van der Waals surface area contributed by atoms with E-state index in [0.29, 0.717) is 16.7 Å². The second-order valence-corrected chi connectivity index (χ2v) is 6.49. The van der Waals surface area contributed by atoms with Gasteiger partial charge in [-0.2, -0.15) is 0 Å². The molecular weight excluding hydrogens is 333 g/mol. The zero-order valence-electron chi connectivity index (χ0n) is 14.0. The number of carbonyl (C=O) groups excluding carboxylic acids is 1. The molecule has 2 aromatic rings. The van der Waals surface area contributed by atoms with Gasteiger partial charge in [0.05, 0.1) is 0 Å². The van der Waals surface area contributed by atoms with E-state index in [2.05, 4.69) is 0 Å². The molecule has 23 heavy (non-hydrogen) atoms. The Morgan fingerprint density at radius 1 is 0.957 bits per heavy atom. The van der Waals surface area contributed by atoms with Gasteiger partial charge < -0.3 is 14.4 Å². The first-order valence-corrected chi connectivity index (χ1v) is 8.01. The molecule has 2 rings (SSSR count). The second kappa shape index (κ2) is 9.10. The van der Waals surface area contributed by atoms with E-state index in [4.69, 9.17) is 0 Å². The summed E-state index contributed by atoms with van der Waals surface area (Å²) in [6.45, 7) is 4.81. The third kappa shape index (κ3) is 5.12. The van der Waals surface area contributed by atoms with Crippen LogP contribution >= 0.6 is 7.60 Å². The van der Waals surface area contributed by atoms with E-state index in [1.54, 1.807) is 50.2 Å². The van der Waals surface area contributed by atoms with Crippen LogP contribution in [0.15, 0.2) is 36.4 Å². The molecule has 0 spiro atoms. The number of rotatable bonds is 3. The average molecular weight is 348 g/mol. The first-order chi connectivity index (χ1) is 9.73. The molecule has 0 saturated heterocycles. The maximum Gasteiger partial charge on any atom is 1.00 e. The van der Waals surface area contributed by atoms with Crippen LogP contribution < -0.4 is 74.2 Å². The minimum Gasteiger partial charge on any atom is -0.807 e. The predicted octanol–water partition coefficient (Wildman–Crippen LogP) is -4.61. The minimum atomic E-state index is -4.92. The van der Waals surface area contributed by atoms with E-state index in [1.165, 1.54) is 6.92 Å². The third-order valence-electron chi connectivity index (χ3n) is 3.47. The van der Waals surface area contributed by atoms with Crippen molar-refractivity contribution in [2.24, 2.45) is 0 Å². The van der Waals surface area contributed by atoms with Crippen LogP contribution in [0.4, 0.5) is 0 Å². The van der Waals surface area contributed by atoms with Gasteiger partial charge in [-0.3, -0.25) is 4.79 Å². The SMILES string of the molecule is Cc1cc(C)c(P(=O)([O-])[O-])c(C)c1C(=O)c1ccccc1.[Na+].[Na+]. The number of hydrogen-bond donors (Lipinski definition) is 0. The summed E-state index contributed by atoms with van der Waals surface area (Å²) in [5, 5.41) is -0.271. The molecule has 0 aromatic heterocycles. The average Bonchev–Trinajstić information content (AvgIpc) is 2.37. The number of ketones is 1. The zero-order valence-corrected chi connectivity index (χ0v) is 18.9. The summed E-state index contributed by atoms with van der Waals surface area (Å²) in [5.74, 6) is -0.277. The van der Waals surface area contributed by atoms with Gasteiger partial charge in [-0.15, -0.1) is 0 Å². The van der Waals surface area contributed by atoms with Crippen LogP contribution in [0.1, 0.15) is 32.6 Å². The smallest absolute Gasteiger partial charge is 0.807 e. The summed E-state index contributed by atoms with van der Waals surface area (Å²) in [5.41, 5.74) is 2.02. The van der Waals surface area contributed by atoms with Crippen LogP contribution in [0.5, 0.6) is 0 Å². The van der Waals surface area contributed by atoms with Gasteiger partial charge in [0.2, 0.25) is 0 Å². The standard InChI is InChI=1S/C16H17O4P.2Na/c1-10-9-11(2)16(21(18,19)20)12(3)14(10)15(17)13-7-5-4-6-8-13;;/h4-9H,1-3H3,(H2,18,19,20);;/q;2*+1/p-2. The number of hydrogen-bond acceptors (Lipinski definition) is 4. The minimum absolute atomic E-state index is 0. The van der Waals surface area contributed by atoms with Gasteiger partial charge in [-0.05, 0) is 50.4 Å². The Hall–Kier alpha value is 0.260. The number of aryl methyl sites for hydroxylation is 2. The molecule has 2 aromatic carbocycles. The topological polar surface area (TPSA) is 80.3 Å². The van der Waals surface area contributed by atoms with Crippen molar-refractivity contribution in [1.82, 2.24) is 0 Å². The van der Waals surface area contributed by atoms with Crippen LogP contribution in [-0.2, 0) is 4.57 Å². The van der Waals surface area contributed by atoms with Gasteiger partial charge in [-0.25, -0.2) is 0 Å². The van der Waals surface area contributed by atoms with Crippen LogP contribution in [-0.4, -0.2) is 5.78 Å². The van der Waals surface area contributed by atoms with Crippen molar-refractivity contribution in [1.29, 1.82) is 0 Å². The van der Waals surface area contributed by atoms with Crippen LogP contribution in [0.25, 0.3) is 0 Å². The monoisotopic (exact) mass is 348 g/mol. The maximum atomic E-state index is 12.6. The molecule has 7 heteroatoms. The third-order valence-corrected chi connectivity index (χ3v) is 4.70. The number of benzene rings is 2. The van der Waals surface area contributed by atoms with Gasteiger partial charge in [0.1, 0.15) is 0 Å². The van der Waals surface area contributed by atoms with E-state index in [-0.39, 0.29) is 81.3 Å². The molecule has 0 amide bonds. The van der Waals surface area contributed by atoms with Crippen molar-refractivity contribution in [3.8, 4) is 0 Å². The molecule has 0 bridgehead atoms. The molecule has 0 N–H and O–H groups in total. The summed E-state index contributed by atoms with van der Waals surface area (Å²) in [6, 6.07) is 10.2. The summed E-state index contributed by atoms with van der Waals surface area (Å²) in [6.07, 6.45) is 0. The molecule has 4 nitrogen and oxygen atoms in total. The maximum absolute atomic E-state index is 12.6. The second-order valence-electron chi connectivity index (χ2n) is 5.05. The van der Waals surface area contributed by atoms with Gasteiger partial charge in [0.15, 0.2) is 5.78 Å². The first kappa shape index (κ1) is 23.3. The summed E-state index contributed by atoms with van der Waals surface area (Å²) in [7, 11) is -4.92. The van der Waals surface area contributed by atoms with E-state index in [0.717, 1.165) is 0 Å². The van der Waals surface area contributed by atoms with E-state index in [9.17, 15) is 19.1 Å². The van der Waals surface area contributed by atoms with Gasteiger partial charge >= 0.3 is 59.1 Å². The van der Waals surface area contributed by atoms with Crippen molar-refractivity contribution < 1.29 is 78.3 Å². The molecule has 110 valence electrons. The Labute approximate surface area is 180 Å². The molecule has 0 aliphatic heterocycles. The normalized spacial score (nSPS) is 10.5. The van der Waals surface area contributed by atoms with Crippen molar-refractivity contribution in [2.75, 3.05) is 0 Å². The summed E-state index contributed by atoms with van der Waals surface area (Å²) >= 11 is 0. The van der Waals surface area contributed by atoms with E-state index < -0.39 is 7.60 Å². The van der Waals surface area contributed by atoms with Crippen molar-refractivity contribution in [3.05, 3.63) is 64.2 Å². The largest absolute Gasteiger partial charge is 1.00 e. The fourth-order valence-corrected chi connectivity index (χ4v) is 3.70. The number of carbonyl (C=O) groups is 1. The molecule has 0 heterocycles. The van der Waals surface area contributed by atoms with Crippen molar-refractivity contribution >= 4 is 18.7 Å². The fourth-order valence-electron chi connectivity index (χ4n) is 2.68. The molecular formula is C16H15Na2O4P. The zero-order chi connectivity index (χ0) is 15.8. The summed E-state index contributed by atoms with van der Waals surface area (Å²) in [4.78, 5) is 35.5. The van der Waals surface area contributed by atoms with Crippen LogP contribution in [0, 0.1) is 20.8 Å². The molecule has 0 fully saturated rings. The Bertz CT molecular complexity index is 754. The van der Waals surface area contributed by atoms with Gasteiger partial charge in [-0.1, -0.05) is 36.4 Å². The Balaban J connectivity index is 0.00000242. The molecule has 0 saturated carbocycles. The van der Waals surface area contributed by atoms with Crippen LogP contribution in [0.3, 0.4) is 0 Å². The van der Waals surface area contributed by atoms with Crippen molar-refractivity contribution in [3.63, 3.8) is 0 Å². The van der Waals surface area contributed by atoms with Gasteiger partial charge in [0.25, 0.3) is 0 Å². The predicted molar refractivity (Wildman–Crippen MR) is 77.8 cm³/mol. The Kier molecular flexibility index (Phi) is 9.20. The van der Waals surface area contributed by atoms with Crippen molar-refractivity contribution in [2.45, 2.75) is 20.8 Å². The van der Waals surface area contributed by atoms with Gasteiger partial charge in [0, 0.05) is 11.1 Å². The fraction of sp³-hybridized carbons (Fsp3) is 0.188. The Morgan fingerprint density at radius 3 is 1.96 bits per heavy atom. The molecule has 0 aliphatic rings. The quantitative estimate of drug-likeness (QED) is 0.318. The van der Waals surface area contributed by atoms with Crippen LogP contribution in [0.2, 0.25) is 0 Å². The van der Waals surface area contributed by atoms with E-state index >= 15 is 0 Å². The Morgan fingerprint density at radius 2 is 1.48 bits per heavy atom.